The highest BCUT2D eigenvalue weighted by atomic mass is 79.9. The van der Waals surface area contributed by atoms with Crippen LogP contribution >= 0.6 is 15.9 Å². The van der Waals surface area contributed by atoms with Gasteiger partial charge < -0.3 is 10.1 Å². The van der Waals surface area contributed by atoms with E-state index in [0.717, 1.165) is 57.6 Å². The molecule has 0 aliphatic carbocycles. The van der Waals surface area contributed by atoms with E-state index in [0.29, 0.717) is 12.3 Å². The van der Waals surface area contributed by atoms with Crippen LogP contribution in [0.25, 0.3) is 22.5 Å². The van der Waals surface area contributed by atoms with Crippen molar-refractivity contribution in [2.24, 2.45) is 0 Å². The predicted octanol–water partition coefficient (Wildman–Crippen LogP) is 7.03. The number of benzene rings is 2. The van der Waals surface area contributed by atoms with E-state index < -0.39 is 0 Å². The second-order valence-corrected chi connectivity index (χ2v) is 9.37. The molecule has 0 saturated carbocycles. The molecular weight excluding hydrogens is 510 g/mol. The summed E-state index contributed by atoms with van der Waals surface area (Å²) in [6.45, 7) is 2.65. The third kappa shape index (κ3) is 4.96. The number of aryl methyl sites for hydroxylation is 1. The zero-order valence-corrected chi connectivity index (χ0v) is 20.7. The molecular formula is C26H24BrN5O3. The molecule has 9 heteroatoms. The Bertz CT molecular complexity index is 1360. The number of nitro benzene ring substituents is 1. The first kappa shape index (κ1) is 23.2. The van der Waals surface area contributed by atoms with Crippen molar-refractivity contribution in [2.45, 2.75) is 32.4 Å². The van der Waals surface area contributed by atoms with Gasteiger partial charge in [0.2, 0.25) is 0 Å². The van der Waals surface area contributed by atoms with Gasteiger partial charge in [0.25, 0.3) is 5.69 Å². The number of rotatable bonds is 6. The van der Waals surface area contributed by atoms with Crippen LogP contribution < -0.4 is 5.32 Å². The molecule has 1 aliphatic heterocycles. The van der Waals surface area contributed by atoms with E-state index in [1.165, 1.54) is 6.07 Å². The Morgan fingerprint density at radius 2 is 1.97 bits per heavy atom. The quantitative estimate of drug-likeness (QED) is 0.211. The smallest absolute Gasteiger partial charge is 0.292 e. The van der Waals surface area contributed by atoms with Crippen molar-refractivity contribution in [1.82, 2.24) is 14.8 Å². The lowest BCUT2D eigenvalue weighted by Crippen LogP contribution is -2.20. The van der Waals surface area contributed by atoms with Crippen LogP contribution in [0.3, 0.4) is 0 Å². The minimum absolute atomic E-state index is 0.00472. The molecule has 1 unspecified atom stereocenters. The largest absolute Gasteiger partial charge is 0.356 e. The van der Waals surface area contributed by atoms with Gasteiger partial charge in [0.15, 0.2) is 6.23 Å². The molecule has 1 saturated heterocycles. The molecule has 4 aromatic rings. The lowest BCUT2D eigenvalue weighted by Gasteiger charge is -2.24. The number of hydrogen-bond acceptors (Lipinski definition) is 6. The standard InChI is InChI=1S/C26H24BrN5O3/c1-17-5-4-6-22(29-17)26-21(16-28-31(26)25-7-2-3-14-35-25)18-8-13-24(32(33)34)23(15-18)30-20-11-9-19(27)10-12-20/h4-6,8-13,15-16,25,30H,2-3,7,14H2,1H3. The van der Waals surface area contributed by atoms with Crippen LogP contribution in [0.1, 0.15) is 31.2 Å². The van der Waals surface area contributed by atoms with Crippen molar-refractivity contribution in [3.8, 4) is 22.5 Å². The average molecular weight is 534 g/mol. The molecule has 1 N–H and O–H groups in total. The Morgan fingerprint density at radius 3 is 2.69 bits per heavy atom. The predicted molar refractivity (Wildman–Crippen MR) is 139 cm³/mol. The summed E-state index contributed by atoms with van der Waals surface area (Å²) in [7, 11) is 0. The summed E-state index contributed by atoms with van der Waals surface area (Å²) in [6, 6.07) is 18.4. The zero-order chi connectivity index (χ0) is 24.4. The van der Waals surface area contributed by atoms with E-state index in [9.17, 15) is 10.1 Å². The summed E-state index contributed by atoms with van der Waals surface area (Å²) in [5, 5.41) is 19.7. The van der Waals surface area contributed by atoms with Gasteiger partial charge in [0.05, 0.1) is 22.5 Å². The van der Waals surface area contributed by atoms with Crippen molar-refractivity contribution in [2.75, 3.05) is 11.9 Å². The lowest BCUT2D eigenvalue weighted by molar-refractivity contribution is -0.383. The average Bonchev–Trinajstić information content (AvgIpc) is 3.31. The Balaban J connectivity index is 1.62. The lowest BCUT2D eigenvalue weighted by atomic mass is 10.0. The summed E-state index contributed by atoms with van der Waals surface area (Å²) >= 11 is 3.42. The summed E-state index contributed by atoms with van der Waals surface area (Å²) in [6.07, 6.45) is 4.60. The number of ether oxygens (including phenoxy) is 1. The minimum atomic E-state index is -0.382. The van der Waals surface area contributed by atoms with Gasteiger partial charge >= 0.3 is 0 Å². The first-order valence-electron chi connectivity index (χ1n) is 11.4. The zero-order valence-electron chi connectivity index (χ0n) is 19.1. The number of nitrogens with zero attached hydrogens (tertiary/aromatic N) is 4. The van der Waals surface area contributed by atoms with Gasteiger partial charge in [0.1, 0.15) is 5.69 Å². The second-order valence-electron chi connectivity index (χ2n) is 8.46. The number of halogens is 1. The van der Waals surface area contributed by atoms with Gasteiger partial charge in [-0.05, 0) is 80.3 Å². The first-order chi connectivity index (χ1) is 17.0. The highest BCUT2D eigenvalue weighted by molar-refractivity contribution is 9.10. The van der Waals surface area contributed by atoms with Crippen LogP contribution in [0.4, 0.5) is 17.1 Å². The van der Waals surface area contributed by atoms with Crippen molar-refractivity contribution < 1.29 is 9.66 Å². The Hall–Kier alpha value is -3.56. The highest BCUT2D eigenvalue weighted by Gasteiger charge is 2.25. The maximum atomic E-state index is 11.8. The molecule has 2 aromatic carbocycles. The first-order valence-corrected chi connectivity index (χ1v) is 12.2. The summed E-state index contributed by atoms with van der Waals surface area (Å²) in [5.41, 5.74) is 5.31. The number of nitrogens with one attached hydrogen (secondary N) is 1. The maximum Gasteiger partial charge on any atom is 0.292 e. The van der Waals surface area contributed by atoms with E-state index in [1.54, 1.807) is 18.3 Å². The van der Waals surface area contributed by atoms with E-state index in [-0.39, 0.29) is 16.8 Å². The molecule has 35 heavy (non-hydrogen) atoms. The van der Waals surface area contributed by atoms with Gasteiger partial charge in [-0.2, -0.15) is 5.10 Å². The molecule has 5 rings (SSSR count). The molecule has 0 spiro atoms. The van der Waals surface area contributed by atoms with Crippen LogP contribution in [0, 0.1) is 17.0 Å². The van der Waals surface area contributed by atoms with Crippen molar-refractivity contribution in [3.63, 3.8) is 0 Å². The monoisotopic (exact) mass is 533 g/mol. The molecule has 0 radical (unpaired) electrons. The summed E-state index contributed by atoms with van der Waals surface area (Å²) in [5.74, 6) is 0. The molecule has 1 atom stereocenters. The molecule has 1 aliphatic rings. The summed E-state index contributed by atoms with van der Waals surface area (Å²) < 4.78 is 8.87. The van der Waals surface area contributed by atoms with Crippen molar-refractivity contribution in [1.29, 1.82) is 0 Å². The normalized spacial score (nSPS) is 15.7. The number of pyridine rings is 1. The van der Waals surface area contributed by atoms with Crippen LogP contribution in [0.15, 0.2) is 71.3 Å². The van der Waals surface area contributed by atoms with E-state index in [4.69, 9.17) is 14.8 Å². The molecule has 0 bridgehead atoms. The third-order valence-electron chi connectivity index (χ3n) is 5.98. The SMILES string of the molecule is Cc1cccc(-c2c(-c3ccc([N+](=O)[O-])c(Nc4ccc(Br)cc4)c3)cnn2C2CCCCO2)n1. The fourth-order valence-corrected chi connectivity index (χ4v) is 4.55. The third-order valence-corrected chi connectivity index (χ3v) is 6.51. The molecule has 1 fully saturated rings. The number of anilines is 2. The summed E-state index contributed by atoms with van der Waals surface area (Å²) in [4.78, 5) is 16.1. The fourth-order valence-electron chi connectivity index (χ4n) is 4.29. The van der Waals surface area contributed by atoms with Gasteiger partial charge in [-0.25, -0.2) is 4.68 Å². The van der Waals surface area contributed by atoms with Crippen LogP contribution in [-0.2, 0) is 4.74 Å². The highest BCUT2D eigenvalue weighted by Crippen LogP contribution is 2.39. The Labute approximate surface area is 211 Å². The van der Waals surface area contributed by atoms with Gasteiger partial charge in [-0.15, -0.1) is 0 Å². The second kappa shape index (κ2) is 9.97. The van der Waals surface area contributed by atoms with E-state index >= 15 is 0 Å². The van der Waals surface area contributed by atoms with Crippen LogP contribution in [0.2, 0.25) is 0 Å². The Kier molecular flexibility index (Phi) is 6.61. The van der Waals surface area contributed by atoms with Gasteiger partial charge in [-0.1, -0.05) is 22.0 Å². The molecule has 0 amide bonds. The topological polar surface area (TPSA) is 95.1 Å². The number of hydrogen-bond donors (Lipinski definition) is 1. The fraction of sp³-hybridized carbons (Fsp3) is 0.231. The number of nitro groups is 1. The van der Waals surface area contributed by atoms with E-state index in [1.807, 2.05) is 54.1 Å². The van der Waals surface area contributed by atoms with E-state index in [2.05, 4.69) is 21.2 Å². The number of aromatic nitrogens is 3. The van der Waals surface area contributed by atoms with Gasteiger partial charge in [-0.3, -0.25) is 15.1 Å². The van der Waals surface area contributed by atoms with Gasteiger partial charge in [0, 0.05) is 34.1 Å². The molecule has 2 aromatic heterocycles. The maximum absolute atomic E-state index is 11.8. The molecule has 8 nitrogen and oxygen atoms in total. The molecule has 3 heterocycles. The van der Waals surface area contributed by atoms with Crippen molar-refractivity contribution in [3.05, 3.63) is 87.1 Å². The van der Waals surface area contributed by atoms with Crippen LogP contribution in [-0.4, -0.2) is 26.3 Å². The minimum Gasteiger partial charge on any atom is -0.356 e. The van der Waals surface area contributed by atoms with Crippen molar-refractivity contribution >= 4 is 33.0 Å². The molecule has 178 valence electrons. The van der Waals surface area contributed by atoms with Crippen LogP contribution in [0.5, 0.6) is 0 Å². The Morgan fingerprint density at radius 1 is 1.14 bits per heavy atom.